The molecule has 2 rings (SSSR count). The summed E-state index contributed by atoms with van der Waals surface area (Å²) in [6, 6.07) is 4.13. The fourth-order valence-corrected chi connectivity index (χ4v) is 3.69. The van der Waals surface area contributed by atoms with Crippen molar-refractivity contribution in [1.29, 1.82) is 0 Å². The first-order valence-electron chi connectivity index (χ1n) is 5.09. The maximum absolute atomic E-state index is 12.3. The van der Waals surface area contributed by atoms with Crippen molar-refractivity contribution in [3.05, 3.63) is 28.2 Å². The number of piperazine rings is 1. The molecule has 1 saturated heterocycles. The van der Waals surface area contributed by atoms with Crippen molar-refractivity contribution in [3.8, 4) is 0 Å². The third-order valence-electron chi connectivity index (χ3n) is 2.45. The SMILES string of the molecule is O=C1CN(S(=O)(=O)c2cccc(Cl)c2Cl)CC(=O)N1. The van der Waals surface area contributed by atoms with E-state index in [2.05, 4.69) is 0 Å². The van der Waals surface area contributed by atoms with E-state index in [9.17, 15) is 18.0 Å². The first kappa shape index (κ1) is 14.3. The maximum atomic E-state index is 12.3. The molecule has 102 valence electrons. The number of imide groups is 1. The van der Waals surface area contributed by atoms with Crippen molar-refractivity contribution in [3.63, 3.8) is 0 Å². The standard InChI is InChI=1S/C10H8Cl2N2O4S/c11-6-2-1-3-7(10(6)12)19(17,18)14-4-8(15)13-9(16)5-14/h1-3H,4-5H2,(H,13,15,16). The molecule has 0 spiro atoms. The summed E-state index contributed by atoms with van der Waals surface area (Å²) in [6.45, 7) is -0.867. The molecule has 0 aromatic heterocycles. The zero-order chi connectivity index (χ0) is 14.2. The Bertz CT molecular complexity index is 643. The van der Waals surface area contributed by atoms with Crippen LogP contribution >= 0.6 is 23.2 Å². The number of carbonyl (C=O) groups is 2. The first-order valence-corrected chi connectivity index (χ1v) is 7.29. The Kier molecular flexibility index (Phi) is 3.82. The number of benzene rings is 1. The molecule has 1 N–H and O–H groups in total. The molecule has 0 atom stereocenters. The molecule has 1 aromatic carbocycles. The van der Waals surface area contributed by atoms with E-state index in [4.69, 9.17) is 23.2 Å². The number of nitrogens with one attached hydrogen (secondary N) is 1. The van der Waals surface area contributed by atoms with Crippen LogP contribution in [0.2, 0.25) is 10.0 Å². The van der Waals surface area contributed by atoms with Gasteiger partial charge in [-0.2, -0.15) is 4.31 Å². The van der Waals surface area contributed by atoms with Gasteiger partial charge in [-0.15, -0.1) is 0 Å². The Balaban J connectivity index is 2.45. The quantitative estimate of drug-likeness (QED) is 0.810. The van der Waals surface area contributed by atoms with E-state index in [1.54, 1.807) is 0 Å². The first-order chi connectivity index (χ1) is 8.82. The van der Waals surface area contributed by atoms with Crippen LogP contribution in [-0.4, -0.2) is 37.6 Å². The zero-order valence-electron chi connectivity index (χ0n) is 9.39. The lowest BCUT2D eigenvalue weighted by molar-refractivity contribution is -0.134. The molecule has 9 heteroatoms. The molecule has 1 aliphatic rings. The molecule has 0 bridgehead atoms. The Morgan fingerprint density at radius 3 is 2.26 bits per heavy atom. The van der Waals surface area contributed by atoms with Crippen LogP contribution in [0.25, 0.3) is 0 Å². The van der Waals surface area contributed by atoms with Crippen LogP contribution in [0.4, 0.5) is 0 Å². The molecular formula is C10H8Cl2N2O4S. The minimum Gasteiger partial charge on any atom is -0.294 e. The van der Waals surface area contributed by atoms with Crippen LogP contribution in [0.3, 0.4) is 0 Å². The smallest absolute Gasteiger partial charge is 0.245 e. The van der Waals surface area contributed by atoms with Crippen molar-refractivity contribution >= 4 is 45.0 Å². The summed E-state index contributed by atoms with van der Waals surface area (Å²) >= 11 is 11.6. The highest BCUT2D eigenvalue weighted by atomic mass is 35.5. The third kappa shape index (κ3) is 2.74. The predicted octanol–water partition coefficient (Wildman–Crippen LogP) is 0.640. The van der Waals surface area contributed by atoms with Crippen molar-refractivity contribution in [1.82, 2.24) is 9.62 Å². The topological polar surface area (TPSA) is 83.6 Å². The second kappa shape index (κ2) is 5.09. The predicted molar refractivity (Wildman–Crippen MR) is 68.4 cm³/mol. The highest BCUT2D eigenvalue weighted by molar-refractivity contribution is 7.89. The van der Waals surface area contributed by atoms with E-state index in [0.29, 0.717) is 0 Å². The lowest BCUT2D eigenvalue weighted by atomic mass is 10.4. The van der Waals surface area contributed by atoms with Gasteiger partial charge in [0.05, 0.1) is 23.1 Å². The van der Waals surface area contributed by atoms with Crippen molar-refractivity contribution in [2.45, 2.75) is 4.90 Å². The van der Waals surface area contributed by atoms with Crippen LogP contribution < -0.4 is 5.32 Å². The van der Waals surface area contributed by atoms with Crippen LogP contribution in [0.5, 0.6) is 0 Å². The van der Waals surface area contributed by atoms with Crippen LogP contribution in [-0.2, 0) is 19.6 Å². The number of rotatable bonds is 2. The van der Waals surface area contributed by atoms with Crippen LogP contribution in [0, 0.1) is 0 Å². The van der Waals surface area contributed by atoms with Crippen molar-refractivity contribution < 1.29 is 18.0 Å². The lowest BCUT2D eigenvalue weighted by Gasteiger charge is -2.25. The molecule has 19 heavy (non-hydrogen) atoms. The lowest BCUT2D eigenvalue weighted by Crippen LogP contribution is -2.53. The Morgan fingerprint density at radius 2 is 1.68 bits per heavy atom. The summed E-state index contributed by atoms with van der Waals surface area (Å²) in [6.07, 6.45) is 0. The summed E-state index contributed by atoms with van der Waals surface area (Å²) in [7, 11) is -4.05. The second-order valence-electron chi connectivity index (χ2n) is 3.80. The van der Waals surface area contributed by atoms with E-state index in [0.717, 1.165) is 4.31 Å². The molecular weight excluding hydrogens is 315 g/mol. The molecule has 0 aliphatic carbocycles. The summed E-state index contributed by atoms with van der Waals surface area (Å²) in [5, 5.41) is 1.96. The third-order valence-corrected chi connectivity index (χ3v) is 5.22. The Labute approximate surface area is 119 Å². The van der Waals surface area contributed by atoms with Gasteiger partial charge in [-0.25, -0.2) is 8.42 Å². The van der Waals surface area contributed by atoms with Gasteiger partial charge >= 0.3 is 0 Å². The molecule has 6 nitrogen and oxygen atoms in total. The highest BCUT2D eigenvalue weighted by Crippen LogP contribution is 2.30. The van der Waals surface area contributed by atoms with Gasteiger partial charge in [-0.1, -0.05) is 29.3 Å². The van der Waals surface area contributed by atoms with E-state index in [1.165, 1.54) is 18.2 Å². The minimum atomic E-state index is -4.05. The summed E-state index contributed by atoms with van der Waals surface area (Å²) < 4.78 is 25.4. The number of nitrogens with zero attached hydrogens (tertiary/aromatic N) is 1. The van der Waals surface area contributed by atoms with Gasteiger partial charge in [0.2, 0.25) is 21.8 Å². The summed E-state index contributed by atoms with van der Waals surface area (Å²) in [5.74, 6) is -1.36. The van der Waals surface area contributed by atoms with Crippen molar-refractivity contribution in [2.75, 3.05) is 13.1 Å². The minimum absolute atomic E-state index is 0.0792. The molecule has 0 radical (unpaired) electrons. The Hall–Kier alpha value is -1.15. The van der Waals surface area contributed by atoms with Gasteiger partial charge in [-0.3, -0.25) is 14.9 Å². The van der Waals surface area contributed by atoms with E-state index < -0.39 is 34.9 Å². The number of carbonyl (C=O) groups excluding carboxylic acids is 2. The van der Waals surface area contributed by atoms with Gasteiger partial charge in [0.15, 0.2) is 0 Å². The Morgan fingerprint density at radius 1 is 1.11 bits per heavy atom. The number of amides is 2. The maximum Gasteiger partial charge on any atom is 0.245 e. The van der Waals surface area contributed by atoms with E-state index >= 15 is 0 Å². The van der Waals surface area contributed by atoms with Crippen LogP contribution in [0.1, 0.15) is 0 Å². The van der Waals surface area contributed by atoms with Gasteiger partial charge in [0, 0.05) is 0 Å². The van der Waals surface area contributed by atoms with E-state index in [1.807, 2.05) is 5.32 Å². The molecule has 1 fully saturated rings. The molecule has 0 saturated carbocycles. The van der Waals surface area contributed by atoms with Gasteiger partial charge in [-0.05, 0) is 12.1 Å². The van der Waals surface area contributed by atoms with Crippen molar-refractivity contribution in [2.24, 2.45) is 0 Å². The molecule has 2 amide bonds. The zero-order valence-corrected chi connectivity index (χ0v) is 11.7. The fraction of sp³-hybridized carbons (Fsp3) is 0.200. The van der Waals surface area contributed by atoms with Crippen LogP contribution in [0.15, 0.2) is 23.1 Å². The van der Waals surface area contributed by atoms with Gasteiger partial charge in [0.25, 0.3) is 0 Å². The highest BCUT2D eigenvalue weighted by Gasteiger charge is 2.34. The second-order valence-corrected chi connectivity index (χ2v) is 6.49. The molecule has 1 aliphatic heterocycles. The van der Waals surface area contributed by atoms with Gasteiger partial charge < -0.3 is 0 Å². The molecule has 1 aromatic rings. The normalized spacial score (nSPS) is 17.4. The number of hydrogen-bond acceptors (Lipinski definition) is 4. The average molecular weight is 323 g/mol. The summed E-state index contributed by atoms with van der Waals surface area (Å²) in [4.78, 5) is 22.2. The average Bonchev–Trinajstić information content (AvgIpc) is 2.31. The summed E-state index contributed by atoms with van der Waals surface area (Å²) in [5.41, 5.74) is 0. The monoisotopic (exact) mass is 322 g/mol. The number of halogens is 2. The largest absolute Gasteiger partial charge is 0.294 e. The molecule has 1 heterocycles. The van der Waals surface area contributed by atoms with Gasteiger partial charge in [0.1, 0.15) is 4.90 Å². The number of sulfonamides is 1. The van der Waals surface area contributed by atoms with E-state index in [-0.39, 0.29) is 14.9 Å². The number of hydrogen-bond donors (Lipinski definition) is 1. The fourth-order valence-electron chi connectivity index (χ4n) is 1.60. The molecule has 0 unspecified atom stereocenters.